The van der Waals surface area contributed by atoms with E-state index in [0.717, 1.165) is 16.7 Å². The molecule has 2 aliphatic heterocycles. The number of rotatable bonds is 9. The van der Waals surface area contributed by atoms with Crippen molar-refractivity contribution in [3.63, 3.8) is 0 Å². The van der Waals surface area contributed by atoms with Crippen LogP contribution in [0.15, 0.2) is 89.8 Å². The number of nitrogens with one attached hydrogen (secondary N) is 1. The summed E-state index contributed by atoms with van der Waals surface area (Å²) in [4.78, 5) is 0.173. The Morgan fingerprint density at radius 1 is 0.829 bits per heavy atom. The predicted octanol–water partition coefficient (Wildman–Crippen LogP) is 3.57. The quantitative estimate of drug-likeness (QED) is 0.489. The summed E-state index contributed by atoms with van der Waals surface area (Å²) < 4.78 is 53.9. The second kappa shape index (κ2) is 10.6. The molecule has 1 N–H and O–H groups in total. The minimum absolute atomic E-state index is 0.173. The monoisotopic (exact) mass is 495 g/mol. The molecular formula is C27H29NO6S. The second-order valence-electron chi connectivity index (χ2n) is 8.86. The van der Waals surface area contributed by atoms with Crippen LogP contribution in [0.4, 0.5) is 0 Å². The molecule has 0 amide bonds. The van der Waals surface area contributed by atoms with Crippen molar-refractivity contribution in [2.45, 2.75) is 55.7 Å². The van der Waals surface area contributed by atoms with Gasteiger partial charge < -0.3 is 18.9 Å². The van der Waals surface area contributed by atoms with Crippen LogP contribution in [0.5, 0.6) is 0 Å². The predicted molar refractivity (Wildman–Crippen MR) is 130 cm³/mol. The first-order chi connectivity index (χ1) is 17.0. The van der Waals surface area contributed by atoms with Crippen LogP contribution in [0.3, 0.4) is 0 Å². The normalized spacial score (nSPS) is 26.0. The van der Waals surface area contributed by atoms with Gasteiger partial charge >= 0.3 is 0 Å². The number of ether oxygens (including phenoxy) is 4. The summed E-state index contributed by atoms with van der Waals surface area (Å²) in [6, 6.07) is 25.5. The molecule has 0 aromatic heterocycles. The summed E-state index contributed by atoms with van der Waals surface area (Å²) in [5.74, 6) is 0. The zero-order valence-corrected chi connectivity index (χ0v) is 20.3. The molecule has 0 aliphatic carbocycles. The Kier molecular flexibility index (Phi) is 7.29. The molecule has 7 nitrogen and oxygen atoms in total. The summed E-state index contributed by atoms with van der Waals surface area (Å²) in [5, 5.41) is 0. The second-order valence-corrected chi connectivity index (χ2v) is 10.6. The van der Waals surface area contributed by atoms with Crippen LogP contribution in [-0.4, -0.2) is 45.7 Å². The van der Waals surface area contributed by atoms with E-state index in [2.05, 4.69) is 4.72 Å². The van der Waals surface area contributed by atoms with Crippen LogP contribution in [0.25, 0.3) is 0 Å². The molecule has 5 atom stereocenters. The fourth-order valence-electron chi connectivity index (χ4n) is 4.39. The molecule has 0 saturated carbocycles. The zero-order valence-electron chi connectivity index (χ0n) is 19.4. The van der Waals surface area contributed by atoms with E-state index in [0.29, 0.717) is 19.8 Å². The van der Waals surface area contributed by atoms with E-state index in [-0.39, 0.29) is 11.0 Å². The molecule has 2 bridgehead atoms. The molecule has 2 fully saturated rings. The summed E-state index contributed by atoms with van der Waals surface area (Å²) >= 11 is 0. The van der Waals surface area contributed by atoms with Crippen LogP contribution in [0.1, 0.15) is 16.7 Å². The van der Waals surface area contributed by atoms with Crippen LogP contribution >= 0.6 is 0 Å². The molecule has 5 rings (SSSR count). The Bertz CT molecular complexity index is 1200. The van der Waals surface area contributed by atoms with E-state index in [1.807, 2.05) is 67.6 Å². The number of sulfonamides is 1. The Morgan fingerprint density at radius 2 is 1.40 bits per heavy atom. The smallest absolute Gasteiger partial charge is 0.241 e. The molecule has 184 valence electrons. The lowest BCUT2D eigenvalue weighted by atomic mass is 9.98. The molecule has 2 heterocycles. The highest BCUT2D eigenvalue weighted by molar-refractivity contribution is 7.89. The van der Waals surface area contributed by atoms with E-state index >= 15 is 0 Å². The van der Waals surface area contributed by atoms with Crippen molar-refractivity contribution >= 4 is 10.0 Å². The first-order valence-electron chi connectivity index (χ1n) is 11.7. The molecular weight excluding hydrogens is 466 g/mol. The number of aryl methyl sites for hydroxylation is 1. The van der Waals surface area contributed by atoms with Gasteiger partial charge in [0, 0.05) is 0 Å². The first kappa shape index (κ1) is 24.1. The summed E-state index contributed by atoms with van der Waals surface area (Å²) in [7, 11) is -3.85. The number of hydrogen-bond acceptors (Lipinski definition) is 6. The van der Waals surface area contributed by atoms with Crippen molar-refractivity contribution in [2.24, 2.45) is 0 Å². The summed E-state index contributed by atoms with van der Waals surface area (Å²) in [6.07, 6.45) is -2.27. The first-order valence-corrected chi connectivity index (χ1v) is 13.1. The average molecular weight is 496 g/mol. The van der Waals surface area contributed by atoms with Crippen LogP contribution in [0.2, 0.25) is 0 Å². The third-order valence-corrected chi connectivity index (χ3v) is 7.74. The Hall–Kier alpha value is -2.59. The fraction of sp³-hybridized carbons (Fsp3) is 0.333. The molecule has 2 aliphatic rings. The lowest BCUT2D eigenvalue weighted by molar-refractivity contribution is -0.214. The maximum Gasteiger partial charge on any atom is 0.241 e. The Morgan fingerprint density at radius 3 is 2.00 bits per heavy atom. The number of benzene rings is 3. The lowest BCUT2D eigenvalue weighted by Gasteiger charge is -2.40. The van der Waals surface area contributed by atoms with Gasteiger partial charge in [-0.2, -0.15) is 0 Å². The third-order valence-electron chi connectivity index (χ3n) is 6.26. The Labute approximate surface area is 206 Å². The standard InChI is InChI=1S/C27H29NO6S/c1-19-12-14-22(15-13-19)35(29,30)28-24-26(32-17-21-10-6-3-7-11-21)25(23-18-33-27(24)34-23)31-16-20-8-4-2-5-9-20/h2-15,23-28H,16-18H2,1H3/t23-,24-,25-,26-,27-/m1/s1. The number of hydrogen-bond donors (Lipinski definition) is 1. The van der Waals surface area contributed by atoms with Gasteiger partial charge in [-0.1, -0.05) is 78.4 Å². The molecule has 0 radical (unpaired) electrons. The van der Waals surface area contributed by atoms with E-state index in [1.54, 1.807) is 24.3 Å². The van der Waals surface area contributed by atoms with Gasteiger partial charge in [-0.25, -0.2) is 13.1 Å². The molecule has 0 spiro atoms. The highest BCUT2D eigenvalue weighted by Crippen LogP contribution is 2.34. The zero-order chi connectivity index (χ0) is 24.3. The van der Waals surface area contributed by atoms with Gasteiger partial charge in [0.25, 0.3) is 0 Å². The number of fused-ring (bicyclic) bond motifs is 2. The van der Waals surface area contributed by atoms with Crippen molar-refractivity contribution in [3.8, 4) is 0 Å². The van der Waals surface area contributed by atoms with Crippen LogP contribution in [0, 0.1) is 6.92 Å². The van der Waals surface area contributed by atoms with Gasteiger partial charge in [-0.3, -0.25) is 0 Å². The maximum absolute atomic E-state index is 13.3. The van der Waals surface area contributed by atoms with Gasteiger partial charge in [0.2, 0.25) is 10.0 Å². The van der Waals surface area contributed by atoms with Gasteiger partial charge in [0.1, 0.15) is 24.4 Å². The van der Waals surface area contributed by atoms with Crippen molar-refractivity contribution in [1.82, 2.24) is 4.72 Å². The molecule has 3 aromatic carbocycles. The van der Waals surface area contributed by atoms with E-state index < -0.39 is 34.6 Å². The molecule has 2 saturated heterocycles. The minimum Gasteiger partial charge on any atom is -0.369 e. The largest absolute Gasteiger partial charge is 0.369 e. The average Bonchev–Trinajstić information content (AvgIpc) is 3.31. The molecule has 35 heavy (non-hydrogen) atoms. The Balaban J connectivity index is 1.41. The highest BCUT2D eigenvalue weighted by Gasteiger charge is 2.53. The minimum atomic E-state index is -3.85. The van der Waals surface area contributed by atoms with E-state index in [1.165, 1.54) is 0 Å². The van der Waals surface area contributed by atoms with Crippen LogP contribution < -0.4 is 4.72 Å². The third kappa shape index (κ3) is 5.64. The molecule has 8 heteroatoms. The van der Waals surface area contributed by atoms with E-state index in [9.17, 15) is 8.42 Å². The summed E-state index contributed by atoms with van der Waals surface area (Å²) in [5.41, 5.74) is 2.96. The van der Waals surface area contributed by atoms with Gasteiger partial charge in [-0.05, 0) is 30.2 Å². The van der Waals surface area contributed by atoms with Gasteiger partial charge in [0.05, 0.1) is 24.7 Å². The van der Waals surface area contributed by atoms with Crippen molar-refractivity contribution in [2.75, 3.05) is 6.61 Å². The lowest BCUT2D eigenvalue weighted by Crippen LogP contribution is -2.62. The molecule has 0 unspecified atom stereocenters. The highest BCUT2D eigenvalue weighted by atomic mass is 32.2. The van der Waals surface area contributed by atoms with Crippen molar-refractivity contribution < 1.29 is 27.4 Å². The van der Waals surface area contributed by atoms with Gasteiger partial charge in [-0.15, -0.1) is 0 Å². The topological polar surface area (TPSA) is 83.1 Å². The SMILES string of the molecule is Cc1ccc(S(=O)(=O)N[C@H]2[C@@H]3OC[C@@H](O3)[C@@H](OCc3ccccc3)[C@@H]2OCc2ccccc2)cc1. The molecule has 3 aromatic rings. The maximum atomic E-state index is 13.3. The van der Waals surface area contributed by atoms with Crippen LogP contribution in [-0.2, 0) is 42.2 Å². The van der Waals surface area contributed by atoms with E-state index in [4.69, 9.17) is 18.9 Å². The van der Waals surface area contributed by atoms with Crippen molar-refractivity contribution in [1.29, 1.82) is 0 Å². The van der Waals surface area contributed by atoms with Crippen molar-refractivity contribution in [3.05, 3.63) is 102 Å². The fourth-order valence-corrected chi connectivity index (χ4v) is 5.63. The van der Waals surface area contributed by atoms with Gasteiger partial charge in [0.15, 0.2) is 6.29 Å². The summed E-state index contributed by atoms with van der Waals surface area (Å²) in [6.45, 7) is 2.86.